The van der Waals surface area contributed by atoms with E-state index in [-0.39, 0.29) is 34.2 Å². The monoisotopic (exact) mass is 438 g/mol. The van der Waals surface area contributed by atoms with E-state index >= 15 is 0 Å². The lowest BCUT2D eigenvalue weighted by atomic mass is 9.74. The van der Waals surface area contributed by atoms with Gasteiger partial charge in [0.2, 0.25) is 0 Å². The van der Waals surface area contributed by atoms with Gasteiger partial charge in [-0.15, -0.1) is 0 Å². The molecule has 0 fully saturated rings. The number of ether oxygens (including phenoxy) is 1. The molecule has 174 valence electrons. The molecule has 0 bridgehead atoms. The van der Waals surface area contributed by atoms with Gasteiger partial charge in [-0.2, -0.15) is 0 Å². The number of carbonyl (C=O) groups excluding carboxylic acids is 1. The maximum Gasteiger partial charge on any atom is 0.185 e. The smallest absolute Gasteiger partial charge is 0.185 e. The van der Waals surface area contributed by atoms with Crippen LogP contribution in [0.3, 0.4) is 0 Å². The third-order valence-corrected chi connectivity index (χ3v) is 6.42. The second-order valence-corrected chi connectivity index (χ2v) is 9.95. The van der Waals surface area contributed by atoms with Gasteiger partial charge in [0.1, 0.15) is 17.2 Å². The lowest BCUT2D eigenvalue weighted by molar-refractivity contribution is 0.104. The maximum atomic E-state index is 12.8. The minimum Gasteiger partial charge on any atom is -0.508 e. The van der Waals surface area contributed by atoms with Crippen LogP contribution < -0.4 is 4.74 Å². The SMILES string of the molecule is CCC(C)(C)c1cc(C(C)(C)CC)c(OC(C)C)c(C=CC(=O)c2ccc(O)cc2)c1O. The van der Waals surface area contributed by atoms with Crippen LogP contribution >= 0.6 is 0 Å². The average Bonchev–Trinajstić information content (AvgIpc) is 2.73. The molecule has 2 rings (SSSR count). The highest BCUT2D eigenvalue weighted by Crippen LogP contribution is 2.47. The van der Waals surface area contributed by atoms with Crippen LogP contribution in [-0.4, -0.2) is 22.1 Å². The fourth-order valence-corrected chi connectivity index (χ4v) is 3.47. The molecular formula is C28H38O4. The van der Waals surface area contributed by atoms with Crippen molar-refractivity contribution in [3.05, 3.63) is 58.7 Å². The first-order chi connectivity index (χ1) is 14.8. The molecule has 32 heavy (non-hydrogen) atoms. The van der Waals surface area contributed by atoms with E-state index in [9.17, 15) is 15.0 Å². The second kappa shape index (κ2) is 9.81. The molecule has 4 nitrogen and oxygen atoms in total. The molecule has 0 radical (unpaired) electrons. The van der Waals surface area contributed by atoms with Crippen molar-refractivity contribution in [1.29, 1.82) is 0 Å². The third-order valence-electron chi connectivity index (χ3n) is 6.42. The molecule has 0 aromatic heterocycles. The second-order valence-electron chi connectivity index (χ2n) is 9.95. The van der Waals surface area contributed by atoms with Gasteiger partial charge in [0.25, 0.3) is 0 Å². The third kappa shape index (κ3) is 5.53. The Morgan fingerprint density at radius 3 is 2.00 bits per heavy atom. The Hall–Kier alpha value is -2.75. The molecule has 2 aromatic carbocycles. The number of phenolic OH excluding ortho intramolecular Hbond substituents is 2. The van der Waals surface area contributed by atoms with Gasteiger partial charge in [0.05, 0.1) is 11.7 Å². The summed E-state index contributed by atoms with van der Waals surface area (Å²) in [5, 5.41) is 20.8. The topological polar surface area (TPSA) is 66.8 Å². The van der Waals surface area contributed by atoms with Crippen molar-refractivity contribution in [3.8, 4) is 17.2 Å². The van der Waals surface area contributed by atoms with Crippen LogP contribution in [0.25, 0.3) is 6.08 Å². The standard InChI is InChI=1S/C28H38O4/c1-9-27(5,6)22-17-23(28(7,8)10-2)26(32-18(3)4)21(25(22)31)15-16-24(30)19-11-13-20(29)14-12-19/h11-18,29,31H,9-10H2,1-8H3. The molecule has 0 saturated carbocycles. The van der Waals surface area contributed by atoms with Gasteiger partial charge >= 0.3 is 0 Å². The Bertz CT molecular complexity index is 979. The Balaban J connectivity index is 2.76. The van der Waals surface area contributed by atoms with Crippen LogP contribution in [0, 0.1) is 0 Å². The molecular weight excluding hydrogens is 400 g/mol. The van der Waals surface area contributed by atoms with Gasteiger partial charge in [0.15, 0.2) is 5.78 Å². The highest BCUT2D eigenvalue weighted by Gasteiger charge is 2.32. The first-order valence-corrected chi connectivity index (χ1v) is 11.4. The molecule has 0 amide bonds. The summed E-state index contributed by atoms with van der Waals surface area (Å²) in [6.07, 6.45) is 4.78. The van der Waals surface area contributed by atoms with E-state index in [0.29, 0.717) is 16.9 Å². The molecule has 0 atom stereocenters. The van der Waals surface area contributed by atoms with Crippen molar-refractivity contribution in [2.45, 2.75) is 85.2 Å². The van der Waals surface area contributed by atoms with Gasteiger partial charge in [-0.05, 0) is 80.0 Å². The number of benzene rings is 2. The number of hydrogen-bond acceptors (Lipinski definition) is 4. The first-order valence-electron chi connectivity index (χ1n) is 11.4. The van der Waals surface area contributed by atoms with Crippen molar-refractivity contribution in [2.24, 2.45) is 0 Å². The fraction of sp³-hybridized carbons (Fsp3) is 0.464. The Morgan fingerprint density at radius 2 is 1.50 bits per heavy atom. The van der Waals surface area contributed by atoms with E-state index in [1.54, 1.807) is 18.2 Å². The van der Waals surface area contributed by atoms with E-state index in [4.69, 9.17) is 4.74 Å². The molecule has 2 aromatic rings. The van der Waals surface area contributed by atoms with Crippen LogP contribution in [0.4, 0.5) is 0 Å². The molecule has 0 aliphatic carbocycles. The van der Waals surface area contributed by atoms with Gasteiger partial charge in [-0.25, -0.2) is 0 Å². The first kappa shape index (κ1) is 25.5. The van der Waals surface area contributed by atoms with E-state index in [2.05, 4.69) is 47.6 Å². The Labute approximate surface area is 193 Å². The van der Waals surface area contributed by atoms with Crippen molar-refractivity contribution in [2.75, 3.05) is 0 Å². The minimum absolute atomic E-state index is 0.0919. The van der Waals surface area contributed by atoms with Crippen molar-refractivity contribution in [1.82, 2.24) is 0 Å². The normalized spacial score (nSPS) is 12.5. The summed E-state index contributed by atoms with van der Waals surface area (Å²) in [6.45, 7) is 16.7. The zero-order valence-electron chi connectivity index (χ0n) is 20.7. The maximum absolute atomic E-state index is 12.8. The lowest BCUT2D eigenvalue weighted by Crippen LogP contribution is -2.23. The highest BCUT2D eigenvalue weighted by atomic mass is 16.5. The molecule has 4 heteroatoms. The van der Waals surface area contributed by atoms with E-state index in [1.807, 2.05) is 13.8 Å². The summed E-state index contributed by atoms with van der Waals surface area (Å²) in [7, 11) is 0. The number of aromatic hydroxyl groups is 2. The zero-order valence-corrected chi connectivity index (χ0v) is 20.7. The molecule has 0 saturated heterocycles. The Kier molecular flexibility index (Phi) is 7.82. The van der Waals surface area contributed by atoms with Gasteiger partial charge in [-0.1, -0.05) is 41.5 Å². The van der Waals surface area contributed by atoms with Crippen LogP contribution in [-0.2, 0) is 10.8 Å². The van der Waals surface area contributed by atoms with Crippen molar-refractivity contribution in [3.63, 3.8) is 0 Å². The summed E-state index contributed by atoms with van der Waals surface area (Å²) in [6, 6.07) is 8.21. The van der Waals surface area contributed by atoms with Crippen LogP contribution in [0.2, 0.25) is 0 Å². The summed E-state index contributed by atoms with van der Waals surface area (Å²) in [4.78, 5) is 12.8. The quantitative estimate of drug-likeness (QED) is 0.322. The van der Waals surface area contributed by atoms with Gasteiger partial charge < -0.3 is 14.9 Å². The largest absolute Gasteiger partial charge is 0.508 e. The van der Waals surface area contributed by atoms with Crippen LogP contribution in [0.5, 0.6) is 17.2 Å². The predicted octanol–water partition coefficient (Wildman–Crippen LogP) is 7.16. The van der Waals surface area contributed by atoms with E-state index in [0.717, 1.165) is 24.0 Å². The number of hydrogen-bond donors (Lipinski definition) is 2. The average molecular weight is 439 g/mol. The zero-order chi connectivity index (χ0) is 24.3. The number of phenols is 2. The fourth-order valence-electron chi connectivity index (χ4n) is 3.47. The summed E-state index contributed by atoms with van der Waals surface area (Å²) in [5.74, 6) is 0.667. The number of carbonyl (C=O) groups is 1. The van der Waals surface area contributed by atoms with Crippen LogP contribution in [0.15, 0.2) is 36.4 Å². The predicted molar refractivity (Wildman–Crippen MR) is 132 cm³/mol. The molecule has 0 aliphatic heterocycles. The summed E-state index contributed by atoms with van der Waals surface area (Å²) in [5.41, 5.74) is 2.44. The van der Waals surface area contributed by atoms with E-state index < -0.39 is 0 Å². The molecule has 2 N–H and O–H groups in total. The highest BCUT2D eigenvalue weighted by molar-refractivity contribution is 6.07. The van der Waals surface area contributed by atoms with E-state index in [1.165, 1.54) is 18.2 Å². The molecule has 0 unspecified atom stereocenters. The van der Waals surface area contributed by atoms with Crippen molar-refractivity contribution >= 4 is 11.9 Å². The van der Waals surface area contributed by atoms with Gasteiger partial charge in [-0.3, -0.25) is 4.79 Å². The Morgan fingerprint density at radius 1 is 0.969 bits per heavy atom. The summed E-state index contributed by atoms with van der Waals surface area (Å²) >= 11 is 0. The molecule has 0 spiro atoms. The summed E-state index contributed by atoms with van der Waals surface area (Å²) < 4.78 is 6.24. The van der Waals surface area contributed by atoms with Gasteiger partial charge in [0, 0.05) is 16.7 Å². The number of rotatable bonds is 9. The molecule has 0 aliphatic rings. The van der Waals surface area contributed by atoms with Crippen LogP contribution in [0.1, 0.15) is 95.3 Å². The molecule has 0 heterocycles. The number of allylic oxidation sites excluding steroid dienone is 1. The van der Waals surface area contributed by atoms with Crippen molar-refractivity contribution < 1.29 is 19.7 Å². The lowest BCUT2D eigenvalue weighted by Gasteiger charge is -2.33. The number of ketones is 1. The minimum atomic E-state index is -0.247.